The average molecular weight is 284 g/mol. The van der Waals surface area contributed by atoms with Crippen LogP contribution in [0.1, 0.15) is 32.4 Å². The zero-order valence-corrected chi connectivity index (χ0v) is 12.5. The van der Waals surface area contributed by atoms with Crippen molar-refractivity contribution in [1.82, 2.24) is 10.6 Å². The molecule has 0 aliphatic rings. The predicted octanol–water partition coefficient (Wildman–Crippen LogP) is 1.47. The second-order valence-corrected chi connectivity index (χ2v) is 5.98. The van der Waals surface area contributed by atoms with Gasteiger partial charge in [-0.2, -0.15) is 11.3 Å². The van der Waals surface area contributed by atoms with Crippen molar-refractivity contribution in [2.75, 3.05) is 13.7 Å². The number of rotatable bonds is 4. The molecular formula is C13H20N2O3S. The Kier molecular flexibility index (Phi) is 5.50. The summed E-state index contributed by atoms with van der Waals surface area (Å²) in [6, 6.07) is 1.93. The summed E-state index contributed by atoms with van der Waals surface area (Å²) >= 11 is 1.56. The number of methoxy groups -OCH3 is 1. The quantitative estimate of drug-likeness (QED) is 0.823. The van der Waals surface area contributed by atoms with Crippen molar-refractivity contribution < 1.29 is 14.3 Å². The number of thiophene rings is 1. The van der Waals surface area contributed by atoms with Crippen LogP contribution in [-0.4, -0.2) is 31.0 Å². The molecule has 0 saturated carbocycles. The van der Waals surface area contributed by atoms with E-state index in [1.165, 1.54) is 0 Å². The number of amides is 2. The lowest BCUT2D eigenvalue weighted by Gasteiger charge is -2.20. The smallest absolute Gasteiger partial charge is 0.309 e. The highest BCUT2D eigenvalue weighted by atomic mass is 32.1. The minimum atomic E-state index is -0.646. The summed E-state index contributed by atoms with van der Waals surface area (Å²) in [5.74, 6) is -1.28. The Morgan fingerprint density at radius 2 is 2.05 bits per heavy atom. The molecule has 106 valence electrons. The third-order valence-corrected chi connectivity index (χ3v) is 3.04. The van der Waals surface area contributed by atoms with Crippen molar-refractivity contribution in [2.45, 2.75) is 32.4 Å². The largest absolute Gasteiger partial charge is 0.375 e. The maximum absolute atomic E-state index is 11.6. The summed E-state index contributed by atoms with van der Waals surface area (Å²) < 4.78 is 5.29. The average Bonchev–Trinajstić information content (AvgIpc) is 2.81. The second-order valence-electron chi connectivity index (χ2n) is 5.20. The van der Waals surface area contributed by atoms with E-state index < -0.39 is 17.4 Å². The first-order valence-corrected chi connectivity index (χ1v) is 6.93. The van der Waals surface area contributed by atoms with E-state index in [0.29, 0.717) is 0 Å². The summed E-state index contributed by atoms with van der Waals surface area (Å²) in [5.41, 5.74) is 0.562. The monoisotopic (exact) mass is 284 g/mol. The molecule has 6 heteroatoms. The minimum absolute atomic E-state index is 0.238. The Hall–Kier alpha value is -1.40. The van der Waals surface area contributed by atoms with E-state index in [9.17, 15) is 9.59 Å². The SMILES string of the molecule is COC(CNC(=O)C(=O)NC(C)(C)C)c1ccsc1. The molecule has 1 unspecified atom stereocenters. The first-order chi connectivity index (χ1) is 8.83. The lowest BCUT2D eigenvalue weighted by molar-refractivity contribution is -0.140. The van der Waals surface area contributed by atoms with Crippen molar-refractivity contribution in [3.8, 4) is 0 Å². The van der Waals surface area contributed by atoms with Gasteiger partial charge < -0.3 is 15.4 Å². The van der Waals surface area contributed by atoms with Crippen LogP contribution >= 0.6 is 11.3 Å². The first kappa shape index (κ1) is 15.7. The molecule has 0 fully saturated rings. The fraction of sp³-hybridized carbons (Fsp3) is 0.538. The van der Waals surface area contributed by atoms with Gasteiger partial charge in [-0.3, -0.25) is 9.59 Å². The van der Waals surface area contributed by atoms with Crippen molar-refractivity contribution in [2.24, 2.45) is 0 Å². The van der Waals surface area contributed by atoms with Gasteiger partial charge in [0.2, 0.25) is 0 Å². The van der Waals surface area contributed by atoms with E-state index in [4.69, 9.17) is 4.74 Å². The topological polar surface area (TPSA) is 67.4 Å². The van der Waals surface area contributed by atoms with Crippen LogP contribution in [0.25, 0.3) is 0 Å². The molecule has 2 amide bonds. The predicted molar refractivity (Wildman–Crippen MR) is 75.0 cm³/mol. The standard InChI is InChI=1S/C13H20N2O3S/c1-13(2,3)15-12(17)11(16)14-7-10(18-4)9-5-6-19-8-9/h5-6,8,10H,7H2,1-4H3,(H,14,16)(H,15,17). The van der Waals surface area contributed by atoms with Crippen LogP contribution in [0.15, 0.2) is 16.8 Å². The molecule has 0 spiro atoms. The normalized spacial score (nSPS) is 12.8. The molecule has 0 aliphatic heterocycles. The number of hydrogen-bond donors (Lipinski definition) is 2. The number of ether oxygens (including phenoxy) is 1. The molecule has 0 aliphatic carbocycles. The summed E-state index contributed by atoms with van der Waals surface area (Å²) in [6.07, 6.45) is -0.238. The van der Waals surface area contributed by atoms with Gasteiger partial charge >= 0.3 is 11.8 Å². The molecule has 1 aromatic heterocycles. The summed E-state index contributed by atoms with van der Waals surface area (Å²) in [4.78, 5) is 23.2. The van der Waals surface area contributed by atoms with Crippen LogP contribution < -0.4 is 10.6 Å². The third-order valence-electron chi connectivity index (χ3n) is 2.34. The number of nitrogens with one attached hydrogen (secondary N) is 2. The van der Waals surface area contributed by atoms with Crippen LogP contribution in [0.3, 0.4) is 0 Å². The van der Waals surface area contributed by atoms with Crippen LogP contribution in [0.2, 0.25) is 0 Å². The zero-order valence-electron chi connectivity index (χ0n) is 11.6. The summed E-state index contributed by atoms with van der Waals surface area (Å²) in [5, 5.41) is 9.07. The van der Waals surface area contributed by atoms with Gasteiger partial charge in [-0.1, -0.05) is 0 Å². The Labute approximate surface area is 117 Å². The van der Waals surface area contributed by atoms with E-state index in [0.717, 1.165) is 5.56 Å². The molecule has 0 bridgehead atoms. The maximum atomic E-state index is 11.6. The Bertz CT molecular complexity index is 424. The van der Waals surface area contributed by atoms with Gasteiger partial charge in [0.25, 0.3) is 0 Å². The van der Waals surface area contributed by atoms with Crippen LogP contribution in [0.4, 0.5) is 0 Å². The molecule has 1 atom stereocenters. The third kappa shape index (κ3) is 5.40. The molecule has 1 heterocycles. The molecule has 5 nitrogen and oxygen atoms in total. The number of hydrogen-bond acceptors (Lipinski definition) is 4. The zero-order chi connectivity index (χ0) is 14.5. The van der Waals surface area contributed by atoms with Crippen LogP contribution in [0, 0.1) is 0 Å². The first-order valence-electron chi connectivity index (χ1n) is 5.98. The van der Waals surface area contributed by atoms with Crippen molar-refractivity contribution in [1.29, 1.82) is 0 Å². The molecule has 0 aromatic carbocycles. The van der Waals surface area contributed by atoms with Crippen molar-refractivity contribution in [3.05, 3.63) is 22.4 Å². The molecular weight excluding hydrogens is 264 g/mol. The van der Waals surface area contributed by atoms with Gasteiger partial charge in [-0.05, 0) is 43.2 Å². The highest BCUT2D eigenvalue weighted by molar-refractivity contribution is 7.07. The Morgan fingerprint density at radius 3 is 2.53 bits per heavy atom. The van der Waals surface area contributed by atoms with Gasteiger partial charge in [-0.15, -0.1) is 0 Å². The molecule has 19 heavy (non-hydrogen) atoms. The second kappa shape index (κ2) is 6.68. The lowest BCUT2D eigenvalue weighted by atomic mass is 10.1. The fourth-order valence-electron chi connectivity index (χ4n) is 1.46. The minimum Gasteiger partial charge on any atom is -0.375 e. The van der Waals surface area contributed by atoms with Crippen molar-refractivity contribution >= 4 is 23.2 Å². The van der Waals surface area contributed by atoms with Gasteiger partial charge in [-0.25, -0.2) is 0 Å². The van der Waals surface area contributed by atoms with E-state index >= 15 is 0 Å². The number of carbonyl (C=O) groups is 2. The fourth-order valence-corrected chi connectivity index (χ4v) is 2.16. The molecule has 0 radical (unpaired) electrons. The number of carbonyl (C=O) groups excluding carboxylic acids is 2. The van der Waals surface area contributed by atoms with Gasteiger partial charge in [0.15, 0.2) is 0 Å². The molecule has 1 rings (SSSR count). The highest BCUT2D eigenvalue weighted by Gasteiger charge is 2.21. The van der Waals surface area contributed by atoms with Crippen LogP contribution in [-0.2, 0) is 14.3 Å². The van der Waals surface area contributed by atoms with Crippen molar-refractivity contribution in [3.63, 3.8) is 0 Å². The van der Waals surface area contributed by atoms with Gasteiger partial charge in [0.1, 0.15) is 6.10 Å². The Balaban J connectivity index is 2.47. The summed E-state index contributed by atoms with van der Waals surface area (Å²) in [7, 11) is 1.57. The summed E-state index contributed by atoms with van der Waals surface area (Å²) in [6.45, 7) is 5.73. The Morgan fingerprint density at radius 1 is 1.37 bits per heavy atom. The van der Waals surface area contributed by atoms with E-state index in [1.807, 2.05) is 37.6 Å². The maximum Gasteiger partial charge on any atom is 0.309 e. The molecule has 1 aromatic rings. The van der Waals surface area contributed by atoms with Crippen LogP contribution in [0.5, 0.6) is 0 Å². The molecule has 0 saturated heterocycles. The van der Waals surface area contributed by atoms with E-state index in [-0.39, 0.29) is 12.6 Å². The highest BCUT2D eigenvalue weighted by Crippen LogP contribution is 2.18. The van der Waals surface area contributed by atoms with Gasteiger partial charge in [0, 0.05) is 19.2 Å². The van der Waals surface area contributed by atoms with E-state index in [2.05, 4.69) is 10.6 Å². The molecule has 2 N–H and O–H groups in total. The lowest BCUT2D eigenvalue weighted by Crippen LogP contribution is -2.48. The van der Waals surface area contributed by atoms with Gasteiger partial charge in [0.05, 0.1) is 0 Å². The van der Waals surface area contributed by atoms with E-state index in [1.54, 1.807) is 18.4 Å².